The van der Waals surface area contributed by atoms with Crippen LogP contribution >= 0.6 is 11.6 Å². The Hall–Kier alpha value is -1.68. The molecule has 0 aromatic carbocycles. The number of pyridine rings is 1. The van der Waals surface area contributed by atoms with E-state index < -0.39 is 0 Å². The topological polar surface area (TPSA) is 47.8 Å². The van der Waals surface area contributed by atoms with Crippen LogP contribution in [0.3, 0.4) is 0 Å². The quantitative estimate of drug-likeness (QED) is 0.795. The Bertz CT molecular complexity index is 634. The smallest absolute Gasteiger partial charge is 0.187 e. The second-order valence-electron chi connectivity index (χ2n) is 4.65. The van der Waals surface area contributed by atoms with Crippen LogP contribution in [-0.2, 0) is 19.4 Å². The molecule has 0 aliphatic carbocycles. The van der Waals surface area contributed by atoms with Crippen LogP contribution in [0, 0.1) is 6.92 Å². The van der Waals surface area contributed by atoms with Gasteiger partial charge < -0.3 is 0 Å². The standard InChI is InChI=1S/C15H18ClN3O/c1-4-11-14(16)12(19(5-2)18-11)9-13(20)15-10(3)7-6-8-17-15/h6-8H,4-5,9H2,1-3H3. The van der Waals surface area contributed by atoms with Crippen molar-refractivity contribution in [1.29, 1.82) is 0 Å². The Morgan fingerprint density at radius 1 is 1.40 bits per heavy atom. The normalized spacial score (nSPS) is 10.8. The van der Waals surface area contributed by atoms with Crippen molar-refractivity contribution in [1.82, 2.24) is 14.8 Å². The minimum Gasteiger partial charge on any atom is -0.292 e. The van der Waals surface area contributed by atoms with Crippen molar-refractivity contribution < 1.29 is 4.79 Å². The van der Waals surface area contributed by atoms with Gasteiger partial charge >= 0.3 is 0 Å². The number of carbonyl (C=O) groups excluding carboxylic acids is 1. The average Bonchev–Trinajstić information content (AvgIpc) is 2.75. The highest BCUT2D eigenvalue weighted by Gasteiger charge is 2.19. The van der Waals surface area contributed by atoms with Crippen molar-refractivity contribution in [3.63, 3.8) is 0 Å². The van der Waals surface area contributed by atoms with Crippen molar-refractivity contribution in [2.24, 2.45) is 0 Å². The minimum atomic E-state index is -0.0257. The molecule has 0 saturated carbocycles. The number of rotatable bonds is 5. The Morgan fingerprint density at radius 2 is 2.15 bits per heavy atom. The predicted molar refractivity (Wildman–Crippen MR) is 79.3 cm³/mol. The van der Waals surface area contributed by atoms with Gasteiger partial charge in [-0.05, 0) is 31.9 Å². The molecule has 0 aliphatic rings. The molecule has 5 heteroatoms. The summed E-state index contributed by atoms with van der Waals surface area (Å²) < 4.78 is 1.80. The molecule has 0 spiro atoms. The molecule has 0 bridgehead atoms. The molecule has 0 unspecified atom stereocenters. The van der Waals surface area contributed by atoms with E-state index in [9.17, 15) is 4.79 Å². The van der Waals surface area contributed by atoms with Gasteiger partial charge in [-0.1, -0.05) is 24.6 Å². The monoisotopic (exact) mass is 291 g/mol. The lowest BCUT2D eigenvalue weighted by molar-refractivity contribution is 0.0985. The van der Waals surface area contributed by atoms with E-state index in [2.05, 4.69) is 10.1 Å². The summed E-state index contributed by atoms with van der Waals surface area (Å²) in [6, 6.07) is 3.71. The summed E-state index contributed by atoms with van der Waals surface area (Å²) in [6.07, 6.45) is 2.63. The summed E-state index contributed by atoms with van der Waals surface area (Å²) in [6.45, 7) is 6.57. The molecule has 106 valence electrons. The average molecular weight is 292 g/mol. The first-order valence-electron chi connectivity index (χ1n) is 6.77. The van der Waals surface area contributed by atoms with Crippen LogP contribution in [0.15, 0.2) is 18.3 Å². The van der Waals surface area contributed by atoms with Gasteiger partial charge in [0.25, 0.3) is 0 Å². The molecule has 0 saturated heterocycles. The molecule has 2 aromatic heterocycles. The zero-order valence-corrected chi connectivity index (χ0v) is 12.7. The lowest BCUT2D eigenvalue weighted by atomic mass is 10.1. The van der Waals surface area contributed by atoms with Crippen molar-refractivity contribution in [3.8, 4) is 0 Å². The van der Waals surface area contributed by atoms with Gasteiger partial charge in [-0.25, -0.2) is 0 Å². The fraction of sp³-hybridized carbons (Fsp3) is 0.400. The molecule has 0 aliphatic heterocycles. The van der Waals surface area contributed by atoms with Crippen LogP contribution in [0.25, 0.3) is 0 Å². The summed E-state index contributed by atoms with van der Waals surface area (Å²) in [5.41, 5.74) is 3.01. The summed E-state index contributed by atoms with van der Waals surface area (Å²) >= 11 is 6.32. The summed E-state index contributed by atoms with van der Waals surface area (Å²) in [4.78, 5) is 16.6. The molecule has 0 atom stereocenters. The maximum atomic E-state index is 12.4. The van der Waals surface area contributed by atoms with Crippen LogP contribution in [0.5, 0.6) is 0 Å². The third-order valence-corrected chi connectivity index (χ3v) is 3.73. The van der Waals surface area contributed by atoms with Crippen LogP contribution < -0.4 is 0 Å². The van der Waals surface area contributed by atoms with E-state index in [0.29, 0.717) is 17.3 Å². The van der Waals surface area contributed by atoms with Gasteiger partial charge in [0.1, 0.15) is 5.69 Å². The number of Topliss-reactive ketones (excluding diaryl/α,β-unsaturated/α-hetero) is 1. The van der Waals surface area contributed by atoms with Crippen LogP contribution in [0.2, 0.25) is 5.02 Å². The number of carbonyl (C=O) groups is 1. The zero-order chi connectivity index (χ0) is 14.7. The Balaban J connectivity index is 2.33. The molecule has 0 N–H and O–H groups in total. The number of nitrogens with zero attached hydrogens (tertiary/aromatic N) is 3. The third-order valence-electron chi connectivity index (χ3n) is 3.30. The summed E-state index contributed by atoms with van der Waals surface area (Å²) in [5.74, 6) is -0.0257. The maximum absolute atomic E-state index is 12.4. The van der Waals surface area contributed by atoms with E-state index in [1.807, 2.05) is 32.9 Å². The first-order valence-corrected chi connectivity index (χ1v) is 7.15. The van der Waals surface area contributed by atoms with Crippen LogP contribution in [0.1, 0.15) is 41.3 Å². The van der Waals surface area contributed by atoms with Crippen LogP contribution in [0.4, 0.5) is 0 Å². The molecule has 2 aromatic rings. The van der Waals surface area contributed by atoms with Crippen molar-refractivity contribution in [2.75, 3.05) is 0 Å². The number of hydrogen-bond acceptors (Lipinski definition) is 3. The first kappa shape index (κ1) is 14.7. The number of aromatic nitrogens is 3. The van der Waals surface area contributed by atoms with Gasteiger partial charge in [0.2, 0.25) is 0 Å². The van der Waals surface area contributed by atoms with Crippen molar-refractivity contribution in [3.05, 3.63) is 46.0 Å². The Morgan fingerprint density at radius 3 is 2.75 bits per heavy atom. The Labute approximate surface area is 123 Å². The van der Waals surface area contributed by atoms with Crippen LogP contribution in [-0.4, -0.2) is 20.5 Å². The zero-order valence-electron chi connectivity index (χ0n) is 12.0. The molecule has 2 heterocycles. The van der Waals surface area contributed by atoms with E-state index >= 15 is 0 Å². The van der Waals surface area contributed by atoms with Crippen molar-refractivity contribution >= 4 is 17.4 Å². The molecular formula is C15H18ClN3O. The van der Waals surface area contributed by atoms with Gasteiger partial charge in [-0.3, -0.25) is 14.5 Å². The first-order chi connectivity index (χ1) is 9.58. The van der Waals surface area contributed by atoms with Gasteiger partial charge in [0.05, 0.1) is 22.8 Å². The number of aryl methyl sites for hydroxylation is 3. The van der Waals surface area contributed by atoms with Gasteiger partial charge in [0, 0.05) is 12.7 Å². The van der Waals surface area contributed by atoms with Crippen molar-refractivity contribution in [2.45, 2.75) is 40.2 Å². The summed E-state index contributed by atoms with van der Waals surface area (Å²) in [7, 11) is 0. The summed E-state index contributed by atoms with van der Waals surface area (Å²) in [5, 5.41) is 5.04. The van der Waals surface area contributed by atoms with E-state index in [1.54, 1.807) is 10.9 Å². The van der Waals surface area contributed by atoms with Gasteiger partial charge in [-0.15, -0.1) is 0 Å². The largest absolute Gasteiger partial charge is 0.292 e. The third kappa shape index (κ3) is 2.75. The predicted octanol–water partition coefficient (Wildman–Crippen LogP) is 3.25. The number of ketones is 1. The highest BCUT2D eigenvalue weighted by atomic mass is 35.5. The fourth-order valence-corrected chi connectivity index (χ4v) is 2.54. The number of halogens is 1. The molecule has 4 nitrogen and oxygen atoms in total. The minimum absolute atomic E-state index is 0.0257. The second-order valence-corrected chi connectivity index (χ2v) is 5.02. The fourth-order valence-electron chi connectivity index (χ4n) is 2.20. The molecule has 0 radical (unpaired) electrons. The number of hydrogen-bond donors (Lipinski definition) is 0. The maximum Gasteiger partial charge on any atom is 0.187 e. The second kappa shape index (κ2) is 6.18. The van der Waals surface area contributed by atoms with E-state index in [4.69, 9.17) is 11.6 Å². The van der Waals surface area contributed by atoms with E-state index in [0.717, 1.165) is 23.4 Å². The van der Waals surface area contributed by atoms with Gasteiger partial charge in [-0.2, -0.15) is 5.10 Å². The SMILES string of the molecule is CCc1nn(CC)c(CC(=O)c2ncccc2C)c1Cl. The van der Waals surface area contributed by atoms with Gasteiger partial charge in [0.15, 0.2) is 5.78 Å². The Kier molecular flexibility index (Phi) is 4.55. The van der Waals surface area contributed by atoms with E-state index in [1.165, 1.54) is 0 Å². The lowest BCUT2D eigenvalue weighted by Crippen LogP contribution is -2.12. The highest BCUT2D eigenvalue weighted by molar-refractivity contribution is 6.32. The molecule has 0 amide bonds. The lowest BCUT2D eigenvalue weighted by Gasteiger charge is -2.06. The molecule has 2 rings (SSSR count). The molecule has 20 heavy (non-hydrogen) atoms. The molecular weight excluding hydrogens is 274 g/mol. The molecule has 0 fully saturated rings. The highest BCUT2D eigenvalue weighted by Crippen LogP contribution is 2.23. The van der Waals surface area contributed by atoms with E-state index in [-0.39, 0.29) is 12.2 Å².